The number of amides is 3. The van der Waals surface area contributed by atoms with Crippen LogP contribution in [0.4, 0.5) is 0 Å². The third-order valence-electron chi connectivity index (χ3n) is 6.51. The molecule has 8 heteroatoms. The molecular formula is C22H28ClN3O4. The summed E-state index contributed by atoms with van der Waals surface area (Å²) in [6.45, 7) is 3.73. The van der Waals surface area contributed by atoms with Crippen LogP contribution in [-0.2, 0) is 14.3 Å². The Labute approximate surface area is 181 Å². The van der Waals surface area contributed by atoms with Crippen LogP contribution in [0.5, 0.6) is 0 Å². The Morgan fingerprint density at radius 2 is 1.70 bits per heavy atom. The second kappa shape index (κ2) is 8.55. The topological polar surface area (TPSA) is 70.2 Å². The first-order valence-electron chi connectivity index (χ1n) is 10.7. The average Bonchev–Trinajstić information content (AvgIpc) is 3.11. The lowest BCUT2D eigenvalue weighted by Crippen LogP contribution is -2.59. The molecule has 1 atom stereocenters. The van der Waals surface area contributed by atoms with Gasteiger partial charge in [-0.25, -0.2) is 0 Å². The highest BCUT2D eigenvalue weighted by molar-refractivity contribution is 6.31. The van der Waals surface area contributed by atoms with Crippen LogP contribution in [0.2, 0.25) is 5.02 Å². The number of carbonyl (C=O) groups excluding carboxylic acids is 3. The fourth-order valence-corrected chi connectivity index (χ4v) is 5.06. The number of halogens is 1. The second-order valence-corrected chi connectivity index (χ2v) is 8.79. The van der Waals surface area contributed by atoms with E-state index in [0.717, 1.165) is 32.1 Å². The van der Waals surface area contributed by atoms with E-state index in [2.05, 4.69) is 0 Å². The number of hydrogen-bond donors (Lipinski definition) is 0. The average molecular weight is 434 g/mol. The van der Waals surface area contributed by atoms with Crippen molar-refractivity contribution in [2.24, 2.45) is 0 Å². The maximum absolute atomic E-state index is 13.6. The number of benzene rings is 1. The van der Waals surface area contributed by atoms with E-state index in [1.807, 2.05) is 0 Å². The van der Waals surface area contributed by atoms with E-state index in [4.69, 9.17) is 16.3 Å². The summed E-state index contributed by atoms with van der Waals surface area (Å²) in [5, 5.41) is 0.488. The molecule has 7 nitrogen and oxygen atoms in total. The van der Waals surface area contributed by atoms with E-state index in [1.54, 1.807) is 45.9 Å². The van der Waals surface area contributed by atoms with Gasteiger partial charge in [0.05, 0.1) is 6.61 Å². The third-order valence-corrected chi connectivity index (χ3v) is 6.74. The lowest BCUT2D eigenvalue weighted by Gasteiger charge is -2.43. The highest BCUT2D eigenvalue weighted by Crippen LogP contribution is 2.41. The molecule has 1 aromatic carbocycles. The molecule has 0 bridgehead atoms. The van der Waals surface area contributed by atoms with Crippen LogP contribution in [-0.4, -0.2) is 77.0 Å². The van der Waals surface area contributed by atoms with Gasteiger partial charge < -0.3 is 14.5 Å². The van der Waals surface area contributed by atoms with Gasteiger partial charge in [-0.2, -0.15) is 0 Å². The molecule has 1 aliphatic carbocycles. The summed E-state index contributed by atoms with van der Waals surface area (Å²) in [7, 11) is 0. The predicted octanol–water partition coefficient (Wildman–Crippen LogP) is 2.53. The van der Waals surface area contributed by atoms with Crippen LogP contribution in [0, 0.1) is 0 Å². The predicted molar refractivity (Wildman–Crippen MR) is 112 cm³/mol. The van der Waals surface area contributed by atoms with Crippen molar-refractivity contribution in [2.75, 3.05) is 32.8 Å². The zero-order valence-electron chi connectivity index (χ0n) is 17.3. The summed E-state index contributed by atoms with van der Waals surface area (Å²) < 4.78 is 6.21. The molecule has 162 valence electrons. The Morgan fingerprint density at radius 1 is 1.03 bits per heavy atom. The number of rotatable bonds is 2. The Bertz CT molecular complexity index is 831. The van der Waals surface area contributed by atoms with Crippen LogP contribution in [0.1, 0.15) is 49.4 Å². The summed E-state index contributed by atoms with van der Waals surface area (Å²) in [5.74, 6) is -0.293. The number of ether oxygens (including phenoxy) is 1. The molecule has 1 unspecified atom stereocenters. The Hall–Kier alpha value is -2.12. The Balaban J connectivity index is 1.59. The van der Waals surface area contributed by atoms with Gasteiger partial charge in [-0.15, -0.1) is 0 Å². The highest BCUT2D eigenvalue weighted by atomic mass is 35.5. The van der Waals surface area contributed by atoms with Crippen molar-refractivity contribution < 1.29 is 19.1 Å². The Morgan fingerprint density at radius 3 is 2.33 bits per heavy atom. The van der Waals surface area contributed by atoms with Gasteiger partial charge in [-0.3, -0.25) is 19.3 Å². The van der Waals surface area contributed by atoms with Crippen molar-refractivity contribution in [2.45, 2.75) is 50.8 Å². The Kier molecular flexibility index (Phi) is 6.02. The zero-order chi connectivity index (χ0) is 21.3. The fraction of sp³-hybridized carbons (Fsp3) is 0.591. The summed E-state index contributed by atoms with van der Waals surface area (Å²) in [6.07, 6.45) is 4.52. The van der Waals surface area contributed by atoms with E-state index in [9.17, 15) is 14.4 Å². The molecule has 3 aliphatic rings. The molecule has 1 saturated carbocycles. The van der Waals surface area contributed by atoms with E-state index in [0.29, 0.717) is 36.8 Å². The minimum atomic E-state index is -0.723. The van der Waals surface area contributed by atoms with E-state index in [1.165, 1.54) is 0 Å². The number of nitrogens with zero attached hydrogens (tertiary/aromatic N) is 3. The summed E-state index contributed by atoms with van der Waals surface area (Å²) in [4.78, 5) is 43.8. The SMILES string of the molecule is CC(=O)N1CCN(C(=O)C2COC3(CCCCC3)N2C(=O)c2cccc(Cl)c2)CC1. The van der Waals surface area contributed by atoms with Crippen molar-refractivity contribution >= 4 is 29.3 Å². The van der Waals surface area contributed by atoms with E-state index < -0.39 is 11.8 Å². The van der Waals surface area contributed by atoms with Gasteiger partial charge in [0.1, 0.15) is 11.8 Å². The summed E-state index contributed by atoms with van der Waals surface area (Å²) in [5.41, 5.74) is -0.253. The van der Waals surface area contributed by atoms with Gasteiger partial charge in [0.2, 0.25) is 11.8 Å². The van der Waals surface area contributed by atoms with Crippen molar-refractivity contribution in [3.05, 3.63) is 34.9 Å². The third kappa shape index (κ3) is 3.93. The van der Waals surface area contributed by atoms with Gasteiger partial charge >= 0.3 is 0 Å². The molecular weight excluding hydrogens is 406 g/mol. The smallest absolute Gasteiger partial charge is 0.256 e. The molecule has 1 spiro atoms. The maximum Gasteiger partial charge on any atom is 0.256 e. The molecule has 4 rings (SSSR count). The van der Waals surface area contributed by atoms with Crippen LogP contribution in [0.15, 0.2) is 24.3 Å². The van der Waals surface area contributed by atoms with Crippen LogP contribution in [0.3, 0.4) is 0 Å². The molecule has 0 radical (unpaired) electrons. The van der Waals surface area contributed by atoms with E-state index in [-0.39, 0.29) is 24.3 Å². The van der Waals surface area contributed by atoms with Crippen LogP contribution in [0.25, 0.3) is 0 Å². The van der Waals surface area contributed by atoms with Crippen molar-refractivity contribution in [1.29, 1.82) is 0 Å². The second-order valence-electron chi connectivity index (χ2n) is 8.35. The van der Waals surface area contributed by atoms with Gasteiger partial charge in [0, 0.05) is 43.7 Å². The summed E-state index contributed by atoms with van der Waals surface area (Å²) >= 11 is 6.12. The molecule has 0 N–H and O–H groups in total. The van der Waals surface area contributed by atoms with Crippen molar-refractivity contribution in [3.8, 4) is 0 Å². The number of carbonyl (C=O) groups is 3. The van der Waals surface area contributed by atoms with Crippen molar-refractivity contribution in [3.63, 3.8) is 0 Å². The zero-order valence-corrected chi connectivity index (χ0v) is 18.1. The normalized spacial score (nSPS) is 23.7. The van der Waals surface area contributed by atoms with Gasteiger partial charge in [0.25, 0.3) is 5.91 Å². The molecule has 2 saturated heterocycles. The van der Waals surface area contributed by atoms with Crippen LogP contribution >= 0.6 is 11.6 Å². The molecule has 3 fully saturated rings. The first-order valence-corrected chi connectivity index (χ1v) is 11.1. The molecule has 1 aromatic rings. The van der Waals surface area contributed by atoms with Crippen molar-refractivity contribution in [1.82, 2.24) is 14.7 Å². The monoisotopic (exact) mass is 433 g/mol. The minimum Gasteiger partial charge on any atom is -0.353 e. The van der Waals surface area contributed by atoms with E-state index >= 15 is 0 Å². The molecule has 3 amide bonds. The largest absolute Gasteiger partial charge is 0.353 e. The first kappa shape index (κ1) is 21.1. The van der Waals surface area contributed by atoms with Gasteiger partial charge in [-0.05, 0) is 43.9 Å². The first-order chi connectivity index (χ1) is 14.4. The molecule has 2 aliphatic heterocycles. The number of hydrogen-bond acceptors (Lipinski definition) is 4. The minimum absolute atomic E-state index is 0.0187. The maximum atomic E-state index is 13.6. The molecule has 30 heavy (non-hydrogen) atoms. The lowest BCUT2D eigenvalue weighted by atomic mass is 9.89. The summed E-state index contributed by atoms with van der Waals surface area (Å²) in [6, 6.07) is 6.20. The molecule has 0 aromatic heterocycles. The van der Waals surface area contributed by atoms with Crippen LogP contribution < -0.4 is 0 Å². The number of piperazine rings is 1. The fourth-order valence-electron chi connectivity index (χ4n) is 4.87. The standard InChI is InChI=1S/C22H28ClN3O4/c1-16(27)24-10-12-25(13-11-24)21(29)19-15-30-22(8-3-2-4-9-22)26(19)20(28)17-6-5-7-18(23)14-17/h5-7,14,19H,2-4,8-13,15H2,1H3. The quantitative estimate of drug-likeness (QED) is 0.718. The lowest BCUT2D eigenvalue weighted by molar-refractivity contribution is -0.142. The van der Waals surface area contributed by atoms with Gasteiger partial charge in [0.15, 0.2) is 0 Å². The highest BCUT2D eigenvalue weighted by Gasteiger charge is 2.53. The van der Waals surface area contributed by atoms with Gasteiger partial charge in [-0.1, -0.05) is 24.1 Å². The molecule has 2 heterocycles.